The molecule has 0 radical (unpaired) electrons. The van der Waals surface area contributed by atoms with Crippen molar-refractivity contribution in [1.82, 2.24) is 9.78 Å². The number of aromatic nitrogens is 2. The van der Waals surface area contributed by atoms with E-state index in [1.54, 1.807) is 6.20 Å². The summed E-state index contributed by atoms with van der Waals surface area (Å²) >= 11 is 3.44. The van der Waals surface area contributed by atoms with Crippen LogP contribution in [0.15, 0.2) is 10.7 Å². The molecule has 0 aliphatic heterocycles. The highest BCUT2D eigenvalue weighted by Gasteiger charge is 2.12. The van der Waals surface area contributed by atoms with Gasteiger partial charge in [0.05, 0.1) is 22.5 Å². The van der Waals surface area contributed by atoms with Crippen molar-refractivity contribution in [2.24, 2.45) is 13.0 Å². The minimum absolute atomic E-state index is 0.225. The SMILES string of the molecule is CC(C)C(O)CCc1c(Br)cnn1C. The van der Waals surface area contributed by atoms with Gasteiger partial charge in [-0.1, -0.05) is 13.8 Å². The number of aryl methyl sites for hydroxylation is 1. The summed E-state index contributed by atoms with van der Waals surface area (Å²) in [7, 11) is 1.92. The molecule has 0 fully saturated rings. The van der Waals surface area contributed by atoms with E-state index in [0.29, 0.717) is 5.92 Å². The van der Waals surface area contributed by atoms with Gasteiger partial charge in [0.25, 0.3) is 0 Å². The van der Waals surface area contributed by atoms with Crippen molar-refractivity contribution in [2.45, 2.75) is 32.8 Å². The Bertz CT molecular complexity index is 277. The van der Waals surface area contributed by atoms with Crippen LogP contribution < -0.4 is 0 Å². The minimum atomic E-state index is -0.225. The molecular weight excluding hydrogens is 244 g/mol. The summed E-state index contributed by atoms with van der Waals surface area (Å²) in [5.41, 5.74) is 1.14. The van der Waals surface area contributed by atoms with Gasteiger partial charge in [-0.15, -0.1) is 0 Å². The lowest BCUT2D eigenvalue weighted by atomic mass is 10.0. The standard InChI is InChI=1S/C10H17BrN2O/c1-7(2)10(14)5-4-9-8(11)6-12-13(9)3/h6-7,10,14H,4-5H2,1-3H3. The van der Waals surface area contributed by atoms with Gasteiger partial charge in [0.2, 0.25) is 0 Å². The molecule has 1 aromatic heterocycles. The first kappa shape index (κ1) is 11.7. The molecule has 0 bridgehead atoms. The molecule has 1 atom stereocenters. The first-order chi connectivity index (χ1) is 6.52. The maximum atomic E-state index is 9.66. The number of halogens is 1. The van der Waals surface area contributed by atoms with Crippen molar-refractivity contribution in [2.75, 3.05) is 0 Å². The Morgan fingerprint density at radius 3 is 2.64 bits per heavy atom. The average molecular weight is 261 g/mol. The number of hydrogen-bond acceptors (Lipinski definition) is 2. The highest BCUT2D eigenvalue weighted by atomic mass is 79.9. The minimum Gasteiger partial charge on any atom is -0.393 e. The van der Waals surface area contributed by atoms with E-state index in [0.717, 1.165) is 23.0 Å². The van der Waals surface area contributed by atoms with Gasteiger partial charge in [0.15, 0.2) is 0 Å². The number of hydrogen-bond donors (Lipinski definition) is 1. The first-order valence-electron chi connectivity index (χ1n) is 4.86. The van der Waals surface area contributed by atoms with Crippen LogP contribution in [-0.2, 0) is 13.5 Å². The molecule has 1 rings (SSSR count). The summed E-state index contributed by atoms with van der Waals surface area (Å²) in [6, 6.07) is 0. The van der Waals surface area contributed by atoms with Crippen LogP contribution in [-0.4, -0.2) is 21.0 Å². The first-order valence-corrected chi connectivity index (χ1v) is 5.66. The van der Waals surface area contributed by atoms with Crippen molar-refractivity contribution in [3.05, 3.63) is 16.4 Å². The second kappa shape index (κ2) is 4.94. The van der Waals surface area contributed by atoms with E-state index in [9.17, 15) is 5.11 Å². The number of nitrogens with zero attached hydrogens (tertiary/aromatic N) is 2. The van der Waals surface area contributed by atoms with Gasteiger partial charge in [0, 0.05) is 7.05 Å². The van der Waals surface area contributed by atoms with Gasteiger partial charge in [0.1, 0.15) is 0 Å². The Hall–Kier alpha value is -0.350. The third kappa shape index (κ3) is 2.82. The number of aliphatic hydroxyl groups is 1. The highest BCUT2D eigenvalue weighted by molar-refractivity contribution is 9.10. The van der Waals surface area contributed by atoms with Crippen molar-refractivity contribution < 1.29 is 5.11 Å². The molecule has 0 aromatic carbocycles. The zero-order valence-electron chi connectivity index (χ0n) is 8.87. The van der Waals surface area contributed by atoms with Crippen LogP contribution in [0.1, 0.15) is 26.0 Å². The van der Waals surface area contributed by atoms with Crippen molar-refractivity contribution in [3.8, 4) is 0 Å². The third-order valence-corrected chi connectivity index (χ3v) is 3.12. The van der Waals surface area contributed by atoms with Crippen LogP contribution in [0.2, 0.25) is 0 Å². The molecule has 0 aliphatic carbocycles. The lowest BCUT2D eigenvalue weighted by Gasteiger charge is -2.14. The smallest absolute Gasteiger partial charge is 0.0635 e. The Balaban J connectivity index is 2.53. The average Bonchev–Trinajstić information content (AvgIpc) is 2.43. The number of rotatable bonds is 4. The molecule has 1 N–H and O–H groups in total. The van der Waals surface area contributed by atoms with Gasteiger partial charge in [-0.05, 0) is 34.7 Å². The molecule has 0 saturated heterocycles. The largest absolute Gasteiger partial charge is 0.393 e. The van der Waals surface area contributed by atoms with Crippen LogP contribution in [0.5, 0.6) is 0 Å². The van der Waals surface area contributed by atoms with Crippen LogP contribution in [0.4, 0.5) is 0 Å². The molecule has 3 nitrogen and oxygen atoms in total. The summed E-state index contributed by atoms with van der Waals surface area (Å²) in [5.74, 6) is 0.321. The second-order valence-corrected chi connectivity index (χ2v) is 4.77. The van der Waals surface area contributed by atoms with E-state index < -0.39 is 0 Å². The van der Waals surface area contributed by atoms with Crippen molar-refractivity contribution in [1.29, 1.82) is 0 Å². The second-order valence-electron chi connectivity index (χ2n) is 3.91. The molecule has 1 heterocycles. The summed E-state index contributed by atoms with van der Waals surface area (Å²) < 4.78 is 2.87. The maximum Gasteiger partial charge on any atom is 0.0635 e. The maximum absolute atomic E-state index is 9.66. The summed E-state index contributed by atoms with van der Waals surface area (Å²) in [5, 5.41) is 13.8. The Morgan fingerprint density at radius 1 is 1.57 bits per heavy atom. The molecule has 1 aromatic rings. The predicted molar refractivity (Wildman–Crippen MR) is 60.1 cm³/mol. The van der Waals surface area contributed by atoms with E-state index in [2.05, 4.69) is 21.0 Å². The Labute approximate surface area is 93.3 Å². The van der Waals surface area contributed by atoms with Crippen LogP contribution in [0.3, 0.4) is 0 Å². The van der Waals surface area contributed by atoms with E-state index in [-0.39, 0.29) is 6.10 Å². The lowest BCUT2D eigenvalue weighted by molar-refractivity contribution is 0.116. The summed E-state index contributed by atoms with van der Waals surface area (Å²) in [6.45, 7) is 4.06. The van der Waals surface area contributed by atoms with Crippen molar-refractivity contribution >= 4 is 15.9 Å². The van der Waals surface area contributed by atoms with Gasteiger partial charge in [-0.2, -0.15) is 5.10 Å². The quantitative estimate of drug-likeness (QED) is 0.901. The van der Waals surface area contributed by atoms with Crippen LogP contribution in [0.25, 0.3) is 0 Å². The fraction of sp³-hybridized carbons (Fsp3) is 0.700. The van der Waals surface area contributed by atoms with Gasteiger partial charge >= 0.3 is 0 Å². The molecular formula is C10H17BrN2O. The zero-order valence-corrected chi connectivity index (χ0v) is 10.5. The number of aliphatic hydroxyl groups excluding tert-OH is 1. The normalized spacial score (nSPS) is 13.6. The lowest BCUT2D eigenvalue weighted by Crippen LogP contribution is -2.16. The molecule has 1 unspecified atom stereocenters. The summed E-state index contributed by atoms with van der Waals surface area (Å²) in [4.78, 5) is 0. The van der Waals surface area contributed by atoms with Gasteiger partial charge < -0.3 is 5.11 Å². The summed E-state index contributed by atoms with van der Waals surface area (Å²) in [6.07, 6.45) is 3.21. The van der Waals surface area contributed by atoms with E-state index in [1.807, 2.05) is 25.6 Å². The van der Waals surface area contributed by atoms with E-state index in [1.165, 1.54) is 0 Å². The fourth-order valence-corrected chi connectivity index (χ4v) is 1.88. The third-order valence-electron chi connectivity index (χ3n) is 2.46. The zero-order chi connectivity index (χ0) is 10.7. The van der Waals surface area contributed by atoms with Gasteiger partial charge in [-0.25, -0.2) is 0 Å². The molecule has 80 valence electrons. The highest BCUT2D eigenvalue weighted by Crippen LogP contribution is 2.18. The molecule has 14 heavy (non-hydrogen) atoms. The van der Waals surface area contributed by atoms with E-state index in [4.69, 9.17) is 0 Å². The van der Waals surface area contributed by atoms with Gasteiger partial charge in [-0.3, -0.25) is 4.68 Å². The molecule has 0 spiro atoms. The fourth-order valence-electron chi connectivity index (χ4n) is 1.34. The molecule has 0 aliphatic rings. The monoisotopic (exact) mass is 260 g/mol. The predicted octanol–water partition coefficient (Wildman–Crippen LogP) is 2.13. The molecule has 0 amide bonds. The van der Waals surface area contributed by atoms with Crippen LogP contribution in [0, 0.1) is 5.92 Å². The molecule has 0 saturated carbocycles. The Morgan fingerprint density at radius 2 is 2.21 bits per heavy atom. The van der Waals surface area contributed by atoms with Crippen molar-refractivity contribution in [3.63, 3.8) is 0 Å². The van der Waals surface area contributed by atoms with Crippen LogP contribution >= 0.6 is 15.9 Å². The molecule has 4 heteroatoms. The van der Waals surface area contributed by atoms with E-state index >= 15 is 0 Å². The Kier molecular flexibility index (Phi) is 4.13. The topological polar surface area (TPSA) is 38.1 Å².